The first-order valence-corrected chi connectivity index (χ1v) is 6.57. The Hall–Kier alpha value is -0.130. The molecule has 0 bridgehead atoms. The van der Waals surface area contributed by atoms with Crippen LogP contribution < -0.4 is 0 Å². The Labute approximate surface area is 90.0 Å². The summed E-state index contributed by atoms with van der Waals surface area (Å²) in [5, 5.41) is 0. The van der Waals surface area contributed by atoms with Gasteiger partial charge in [0.05, 0.1) is 0 Å². The molecule has 0 amide bonds. The molecule has 1 nitrogen and oxygen atoms in total. The lowest BCUT2D eigenvalue weighted by atomic mass is 9.96. The van der Waals surface area contributed by atoms with Crippen LogP contribution in [0, 0.1) is 5.92 Å². The molecule has 1 aliphatic heterocycles. The first-order chi connectivity index (χ1) is 6.74. The summed E-state index contributed by atoms with van der Waals surface area (Å²) in [4.78, 5) is 0. The van der Waals surface area contributed by atoms with Crippen molar-refractivity contribution in [1.29, 1.82) is 0 Å². The third kappa shape index (κ3) is 3.94. The predicted molar refractivity (Wildman–Crippen MR) is 67.0 cm³/mol. The molecule has 1 heterocycles. The van der Waals surface area contributed by atoms with E-state index in [1.54, 1.807) is 0 Å². The van der Waals surface area contributed by atoms with E-state index >= 15 is 0 Å². The third-order valence-electron chi connectivity index (χ3n) is 2.66. The Bertz CT molecular complexity index is 198. The van der Waals surface area contributed by atoms with Gasteiger partial charge < -0.3 is 0 Å². The van der Waals surface area contributed by atoms with Crippen molar-refractivity contribution < 1.29 is 0 Å². The van der Waals surface area contributed by atoms with E-state index in [1.807, 2.05) is 6.08 Å². The van der Waals surface area contributed by atoms with Crippen LogP contribution in [0.3, 0.4) is 0 Å². The summed E-state index contributed by atoms with van der Waals surface area (Å²) >= 11 is 0. The van der Waals surface area contributed by atoms with Gasteiger partial charge in [0.2, 0.25) is 0 Å². The number of hydrogen-bond donors (Lipinski definition) is 0. The fourth-order valence-corrected chi connectivity index (χ4v) is 2.97. The van der Waals surface area contributed by atoms with E-state index in [9.17, 15) is 0 Å². The molecule has 0 spiro atoms. The molecule has 0 N–H and O–H groups in total. The van der Waals surface area contributed by atoms with Gasteiger partial charge in [-0.1, -0.05) is 32.9 Å². The van der Waals surface area contributed by atoms with E-state index in [1.165, 1.54) is 40.6 Å². The Morgan fingerprint density at radius 2 is 2.29 bits per heavy atom. The van der Waals surface area contributed by atoms with Gasteiger partial charge in [-0.15, -0.1) is 0 Å². The van der Waals surface area contributed by atoms with Crippen molar-refractivity contribution in [2.45, 2.75) is 45.6 Å². The summed E-state index contributed by atoms with van der Waals surface area (Å²) in [5.41, 5.74) is 0. The molecule has 14 heavy (non-hydrogen) atoms. The Morgan fingerprint density at radius 1 is 1.50 bits per heavy atom. The Kier molecular flexibility index (Phi) is 5.44. The summed E-state index contributed by atoms with van der Waals surface area (Å²) in [6.07, 6.45) is 7.42. The maximum absolute atomic E-state index is 3.74. The summed E-state index contributed by atoms with van der Waals surface area (Å²) in [5.74, 6) is 2.97. The van der Waals surface area contributed by atoms with Crippen LogP contribution in [-0.2, 0) is 0 Å². The number of piperidine rings is 1. The van der Waals surface area contributed by atoms with Crippen molar-refractivity contribution >= 4 is 14.2 Å². The lowest BCUT2D eigenvalue weighted by molar-refractivity contribution is 0.239. The number of hydrogen-bond acceptors (Lipinski definition) is 1. The van der Waals surface area contributed by atoms with Crippen LogP contribution in [-0.4, -0.2) is 23.1 Å². The molecule has 0 aliphatic carbocycles. The first kappa shape index (κ1) is 11.9. The standard InChI is InChI=1S/C12H22NP/c1-4-9-14-13-8-6-5-7-12(13)10-11(2)3/h4,9,11-12H,1,5-8,10H2,2-3H3/t12-/m1/s1. The topological polar surface area (TPSA) is 3.24 Å². The van der Waals surface area contributed by atoms with Crippen molar-refractivity contribution in [3.8, 4) is 0 Å². The summed E-state index contributed by atoms with van der Waals surface area (Å²) in [7, 11) is 1.34. The second-order valence-corrected chi connectivity index (χ2v) is 5.49. The SMILES string of the molecule is C=CC=PN1CCCC[C@@H]1CC(C)C. The fraction of sp³-hybridized carbons (Fsp3) is 0.750. The minimum Gasteiger partial charge on any atom is -0.254 e. The van der Waals surface area contributed by atoms with E-state index in [4.69, 9.17) is 0 Å². The summed E-state index contributed by atoms with van der Waals surface area (Å²) < 4.78 is 2.59. The fourth-order valence-electron chi connectivity index (χ4n) is 2.05. The zero-order valence-electron chi connectivity index (χ0n) is 9.45. The molecule has 2 heteroatoms. The van der Waals surface area contributed by atoms with Gasteiger partial charge in [-0.05, 0) is 39.3 Å². The molecule has 0 aromatic heterocycles. The van der Waals surface area contributed by atoms with Crippen LogP contribution in [0.4, 0.5) is 0 Å². The molecule has 0 saturated carbocycles. The van der Waals surface area contributed by atoms with Gasteiger partial charge in [0.15, 0.2) is 0 Å². The van der Waals surface area contributed by atoms with E-state index in [2.05, 4.69) is 30.9 Å². The van der Waals surface area contributed by atoms with Crippen LogP contribution >= 0.6 is 8.35 Å². The van der Waals surface area contributed by atoms with Crippen LogP contribution in [0.25, 0.3) is 0 Å². The van der Waals surface area contributed by atoms with Crippen LogP contribution in [0.2, 0.25) is 0 Å². The largest absolute Gasteiger partial charge is 0.254 e. The molecule has 1 rings (SSSR count). The van der Waals surface area contributed by atoms with Crippen LogP contribution in [0.1, 0.15) is 39.5 Å². The summed E-state index contributed by atoms with van der Waals surface area (Å²) in [6.45, 7) is 9.65. The highest BCUT2D eigenvalue weighted by Gasteiger charge is 2.21. The van der Waals surface area contributed by atoms with Crippen molar-refractivity contribution in [3.05, 3.63) is 12.7 Å². The zero-order chi connectivity index (χ0) is 10.4. The smallest absolute Gasteiger partial charge is 0.0182 e. The monoisotopic (exact) mass is 211 g/mol. The summed E-state index contributed by atoms with van der Waals surface area (Å²) in [6, 6.07) is 0.807. The minimum atomic E-state index is 0.807. The maximum Gasteiger partial charge on any atom is 0.0182 e. The second kappa shape index (κ2) is 6.37. The van der Waals surface area contributed by atoms with Gasteiger partial charge >= 0.3 is 0 Å². The molecule has 0 aromatic carbocycles. The van der Waals surface area contributed by atoms with Crippen molar-refractivity contribution in [2.24, 2.45) is 5.92 Å². The Balaban J connectivity index is 2.49. The molecule has 1 fully saturated rings. The third-order valence-corrected chi connectivity index (χ3v) is 3.83. The molecule has 1 saturated heterocycles. The van der Waals surface area contributed by atoms with E-state index < -0.39 is 0 Å². The molecule has 0 aromatic rings. The van der Waals surface area contributed by atoms with Gasteiger partial charge in [-0.2, -0.15) is 0 Å². The van der Waals surface area contributed by atoms with E-state index in [0.717, 1.165) is 12.0 Å². The van der Waals surface area contributed by atoms with Crippen molar-refractivity contribution in [2.75, 3.05) is 6.54 Å². The average Bonchev–Trinajstić information content (AvgIpc) is 2.16. The normalized spacial score (nSPS) is 24.6. The van der Waals surface area contributed by atoms with Gasteiger partial charge in [0.25, 0.3) is 0 Å². The highest BCUT2D eigenvalue weighted by Crippen LogP contribution is 2.27. The molecule has 1 aliphatic rings. The van der Waals surface area contributed by atoms with Crippen LogP contribution in [0.15, 0.2) is 12.7 Å². The van der Waals surface area contributed by atoms with Gasteiger partial charge in [-0.25, -0.2) is 0 Å². The van der Waals surface area contributed by atoms with Crippen molar-refractivity contribution in [1.82, 2.24) is 4.67 Å². The molecule has 1 atom stereocenters. The lowest BCUT2D eigenvalue weighted by Crippen LogP contribution is -2.33. The molecule has 0 radical (unpaired) electrons. The van der Waals surface area contributed by atoms with E-state index in [-0.39, 0.29) is 0 Å². The number of rotatable bonds is 4. The number of allylic oxidation sites excluding steroid dienone is 1. The second-order valence-electron chi connectivity index (χ2n) is 4.44. The zero-order valence-corrected chi connectivity index (χ0v) is 10.3. The highest BCUT2D eigenvalue weighted by atomic mass is 31.1. The van der Waals surface area contributed by atoms with Gasteiger partial charge in [0, 0.05) is 12.6 Å². The Morgan fingerprint density at radius 3 is 2.93 bits per heavy atom. The average molecular weight is 211 g/mol. The number of nitrogens with zero attached hydrogens (tertiary/aromatic N) is 1. The van der Waals surface area contributed by atoms with Crippen molar-refractivity contribution in [3.63, 3.8) is 0 Å². The molecule has 0 unspecified atom stereocenters. The van der Waals surface area contributed by atoms with E-state index in [0.29, 0.717) is 0 Å². The maximum atomic E-state index is 3.74. The first-order valence-electron chi connectivity index (χ1n) is 5.65. The molecular weight excluding hydrogens is 189 g/mol. The quantitative estimate of drug-likeness (QED) is 0.640. The van der Waals surface area contributed by atoms with Gasteiger partial charge in [-0.3, -0.25) is 4.67 Å². The lowest BCUT2D eigenvalue weighted by Gasteiger charge is -2.33. The van der Waals surface area contributed by atoms with Gasteiger partial charge in [0.1, 0.15) is 0 Å². The van der Waals surface area contributed by atoms with Crippen LogP contribution in [0.5, 0.6) is 0 Å². The predicted octanol–water partition coefficient (Wildman–Crippen LogP) is 3.74. The molecule has 80 valence electrons. The minimum absolute atomic E-state index is 0.807. The molecular formula is C12H22NP. The highest BCUT2D eigenvalue weighted by molar-refractivity contribution is 7.36.